The van der Waals surface area contributed by atoms with E-state index < -0.39 is 0 Å². The molecule has 3 rings (SSSR count). The SMILES string of the molecule is C/C=C\C(=C/C)c1ccc(C)c(-c2cc(-c3ccccc3)ccc2C)c1. The highest BCUT2D eigenvalue weighted by Crippen LogP contribution is 2.33. The van der Waals surface area contributed by atoms with Gasteiger partial charge in [-0.05, 0) is 84.3 Å². The molecule has 0 aromatic heterocycles. The van der Waals surface area contributed by atoms with Gasteiger partial charge in [-0.3, -0.25) is 0 Å². The molecule has 0 amide bonds. The van der Waals surface area contributed by atoms with Crippen molar-refractivity contribution >= 4 is 5.57 Å². The van der Waals surface area contributed by atoms with E-state index in [1.807, 2.05) is 0 Å². The Morgan fingerprint density at radius 1 is 0.692 bits per heavy atom. The van der Waals surface area contributed by atoms with Gasteiger partial charge in [0, 0.05) is 0 Å². The molecule has 0 atom stereocenters. The first kappa shape index (κ1) is 17.9. The minimum atomic E-state index is 1.26. The summed E-state index contributed by atoms with van der Waals surface area (Å²) in [7, 11) is 0. The first-order valence-corrected chi connectivity index (χ1v) is 9.20. The Bertz CT molecular complexity index is 957. The fraction of sp³-hybridized carbons (Fsp3) is 0.154. The molecule has 0 heterocycles. The minimum absolute atomic E-state index is 1.26. The fourth-order valence-electron chi connectivity index (χ4n) is 3.35. The maximum atomic E-state index is 2.32. The topological polar surface area (TPSA) is 0 Å². The van der Waals surface area contributed by atoms with Crippen LogP contribution in [0.1, 0.15) is 30.5 Å². The molecule has 0 heteroatoms. The lowest BCUT2D eigenvalue weighted by molar-refractivity contribution is 1.40. The second-order valence-corrected chi connectivity index (χ2v) is 6.67. The lowest BCUT2D eigenvalue weighted by Gasteiger charge is -2.14. The van der Waals surface area contributed by atoms with Crippen LogP contribution in [0.25, 0.3) is 27.8 Å². The third-order valence-corrected chi connectivity index (χ3v) is 4.86. The standard InChI is InChI=1S/C26H26/c1-5-10-21(6-2)23-15-13-19(3)25(17-23)26-18-24(16-14-20(26)4)22-11-8-7-9-12-22/h5-18H,1-4H3/b10-5-,21-6+. The van der Waals surface area contributed by atoms with E-state index >= 15 is 0 Å². The van der Waals surface area contributed by atoms with Crippen LogP contribution in [-0.4, -0.2) is 0 Å². The molecule has 0 saturated heterocycles. The van der Waals surface area contributed by atoms with Crippen molar-refractivity contribution in [1.29, 1.82) is 0 Å². The van der Waals surface area contributed by atoms with Crippen molar-refractivity contribution in [3.8, 4) is 22.3 Å². The van der Waals surface area contributed by atoms with Crippen molar-refractivity contribution in [2.24, 2.45) is 0 Å². The van der Waals surface area contributed by atoms with Crippen LogP contribution < -0.4 is 0 Å². The molecule has 0 bridgehead atoms. The lowest BCUT2D eigenvalue weighted by atomic mass is 9.90. The third kappa shape index (κ3) is 3.70. The molecular weight excluding hydrogens is 312 g/mol. The highest BCUT2D eigenvalue weighted by atomic mass is 14.1. The van der Waals surface area contributed by atoms with Crippen LogP contribution in [-0.2, 0) is 0 Å². The average Bonchev–Trinajstić information content (AvgIpc) is 2.68. The third-order valence-electron chi connectivity index (χ3n) is 4.86. The number of hydrogen-bond donors (Lipinski definition) is 0. The predicted octanol–water partition coefficient (Wildman–Crippen LogP) is 7.62. The molecule has 0 fully saturated rings. The summed E-state index contributed by atoms with van der Waals surface area (Å²) in [6.07, 6.45) is 6.43. The van der Waals surface area contributed by atoms with E-state index in [4.69, 9.17) is 0 Å². The summed E-state index contributed by atoms with van der Waals surface area (Å²) in [6, 6.07) is 24.1. The normalized spacial score (nSPS) is 11.9. The zero-order valence-electron chi connectivity index (χ0n) is 16.1. The Morgan fingerprint density at radius 3 is 2.00 bits per heavy atom. The van der Waals surface area contributed by atoms with Gasteiger partial charge >= 0.3 is 0 Å². The second-order valence-electron chi connectivity index (χ2n) is 6.67. The summed E-state index contributed by atoms with van der Waals surface area (Å²) in [5.74, 6) is 0. The van der Waals surface area contributed by atoms with Gasteiger partial charge in [-0.15, -0.1) is 0 Å². The van der Waals surface area contributed by atoms with Gasteiger partial charge < -0.3 is 0 Å². The summed E-state index contributed by atoms with van der Waals surface area (Å²) in [4.78, 5) is 0. The highest BCUT2D eigenvalue weighted by Gasteiger charge is 2.09. The smallest absolute Gasteiger partial charge is 0.0146 e. The van der Waals surface area contributed by atoms with Crippen LogP contribution in [0.3, 0.4) is 0 Å². The summed E-state index contributed by atoms with van der Waals surface area (Å²) in [5, 5.41) is 0. The molecule has 3 aromatic rings. The Hall–Kier alpha value is -2.86. The van der Waals surface area contributed by atoms with E-state index in [2.05, 4.69) is 113 Å². The van der Waals surface area contributed by atoms with Crippen LogP contribution in [0.2, 0.25) is 0 Å². The first-order valence-electron chi connectivity index (χ1n) is 9.20. The van der Waals surface area contributed by atoms with Crippen molar-refractivity contribution in [1.82, 2.24) is 0 Å². The molecule has 0 unspecified atom stereocenters. The Kier molecular flexibility index (Phi) is 5.53. The molecule has 0 aliphatic rings. The van der Waals surface area contributed by atoms with Gasteiger partial charge in [0.15, 0.2) is 0 Å². The van der Waals surface area contributed by atoms with E-state index in [0.717, 1.165) is 0 Å². The molecule has 0 spiro atoms. The van der Waals surface area contributed by atoms with Crippen LogP contribution >= 0.6 is 0 Å². The number of rotatable bonds is 4. The van der Waals surface area contributed by atoms with E-state index in [-0.39, 0.29) is 0 Å². The van der Waals surface area contributed by atoms with Crippen molar-refractivity contribution in [3.05, 3.63) is 102 Å². The zero-order chi connectivity index (χ0) is 18.5. The van der Waals surface area contributed by atoms with Crippen molar-refractivity contribution in [2.75, 3.05) is 0 Å². The molecular formula is C26H26. The van der Waals surface area contributed by atoms with Crippen LogP contribution in [0, 0.1) is 13.8 Å². The van der Waals surface area contributed by atoms with Gasteiger partial charge in [0.2, 0.25) is 0 Å². The van der Waals surface area contributed by atoms with Gasteiger partial charge in [0.05, 0.1) is 0 Å². The van der Waals surface area contributed by atoms with Crippen molar-refractivity contribution in [2.45, 2.75) is 27.7 Å². The second kappa shape index (κ2) is 8.01. The largest absolute Gasteiger partial charge is 0.0871 e. The van der Waals surface area contributed by atoms with E-state index in [9.17, 15) is 0 Å². The first-order chi connectivity index (χ1) is 12.6. The summed E-state index contributed by atoms with van der Waals surface area (Å²) in [6.45, 7) is 8.54. The van der Waals surface area contributed by atoms with Crippen LogP contribution in [0.4, 0.5) is 0 Å². The van der Waals surface area contributed by atoms with Crippen LogP contribution in [0.5, 0.6) is 0 Å². The van der Waals surface area contributed by atoms with E-state index in [1.165, 1.54) is 44.5 Å². The molecule has 3 aromatic carbocycles. The number of benzene rings is 3. The monoisotopic (exact) mass is 338 g/mol. The molecule has 0 aliphatic heterocycles. The quantitative estimate of drug-likeness (QED) is 0.429. The van der Waals surface area contributed by atoms with Crippen LogP contribution in [0.15, 0.2) is 85.0 Å². The molecule has 26 heavy (non-hydrogen) atoms. The Labute approximate surface area is 157 Å². The molecule has 0 aliphatic carbocycles. The minimum Gasteiger partial charge on any atom is -0.0871 e. The van der Waals surface area contributed by atoms with Gasteiger partial charge in [-0.2, -0.15) is 0 Å². The summed E-state index contributed by atoms with van der Waals surface area (Å²) in [5.41, 5.74) is 10.3. The summed E-state index contributed by atoms with van der Waals surface area (Å²) < 4.78 is 0. The fourth-order valence-corrected chi connectivity index (χ4v) is 3.35. The maximum absolute atomic E-state index is 2.32. The van der Waals surface area contributed by atoms with Gasteiger partial charge in [-0.25, -0.2) is 0 Å². The molecule has 0 N–H and O–H groups in total. The van der Waals surface area contributed by atoms with Crippen molar-refractivity contribution < 1.29 is 0 Å². The molecule has 130 valence electrons. The highest BCUT2D eigenvalue weighted by molar-refractivity contribution is 5.82. The van der Waals surface area contributed by atoms with E-state index in [0.29, 0.717) is 0 Å². The van der Waals surface area contributed by atoms with Gasteiger partial charge in [0.1, 0.15) is 0 Å². The number of aryl methyl sites for hydroxylation is 2. The number of hydrogen-bond acceptors (Lipinski definition) is 0. The lowest BCUT2D eigenvalue weighted by Crippen LogP contribution is -1.91. The molecule has 0 nitrogen and oxygen atoms in total. The average molecular weight is 338 g/mol. The van der Waals surface area contributed by atoms with Crippen molar-refractivity contribution in [3.63, 3.8) is 0 Å². The Balaban J connectivity index is 2.14. The van der Waals surface area contributed by atoms with Gasteiger partial charge in [0.25, 0.3) is 0 Å². The maximum Gasteiger partial charge on any atom is -0.0146 e. The van der Waals surface area contributed by atoms with Gasteiger partial charge in [-0.1, -0.05) is 72.8 Å². The Morgan fingerprint density at radius 2 is 1.35 bits per heavy atom. The van der Waals surface area contributed by atoms with E-state index in [1.54, 1.807) is 0 Å². The molecule has 0 radical (unpaired) electrons. The summed E-state index contributed by atoms with van der Waals surface area (Å²) >= 11 is 0. The number of allylic oxidation sites excluding steroid dienone is 4. The molecule has 0 saturated carbocycles. The zero-order valence-corrected chi connectivity index (χ0v) is 16.1. The predicted molar refractivity (Wildman–Crippen MR) is 115 cm³/mol.